The highest BCUT2D eigenvalue weighted by Crippen LogP contribution is 2.39. The number of esters is 1. The van der Waals surface area contributed by atoms with Gasteiger partial charge in [-0.15, -0.1) is 11.3 Å². The van der Waals surface area contributed by atoms with Crippen LogP contribution in [0.5, 0.6) is 5.75 Å². The number of hydrogen-bond acceptors (Lipinski definition) is 7. The lowest BCUT2D eigenvalue weighted by Gasteiger charge is -2.07. The second kappa shape index (κ2) is 8.66. The number of nitrogens with zero attached hydrogens (tertiary/aromatic N) is 1. The van der Waals surface area contributed by atoms with Crippen molar-refractivity contribution in [2.75, 3.05) is 11.9 Å². The predicted octanol–water partition coefficient (Wildman–Crippen LogP) is 2.21. The molecule has 2 aromatic rings. The van der Waals surface area contributed by atoms with Gasteiger partial charge in [-0.3, -0.25) is 9.59 Å². The lowest BCUT2D eigenvalue weighted by molar-refractivity contribution is -0.136. The number of fused-ring (bicyclic) bond motifs is 1. The molecule has 0 atom stereocenters. The number of anilines is 1. The molecular formula is C19H19N3O5S. The highest BCUT2D eigenvalue weighted by molar-refractivity contribution is 7.17. The standard InChI is InChI=1S/C19H19N3O5S/c1-2-27-19(26)15-13-7-4-8-14(13)28-18(15)21-16(24)17(25)22-20-10-11-5-3-6-12(23)9-11/h3,5-6,9-10,23H,2,4,7-8H2,1H3,(H,21,24)(H,22,25)/b20-10+. The molecule has 3 N–H and O–H groups in total. The third kappa shape index (κ3) is 4.37. The summed E-state index contributed by atoms with van der Waals surface area (Å²) in [5.74, 6) is -2.34. The van der Waals surface area contributed by atoms with Gasteiger partial charge in [0.1, 0.15) is 10.8 Å². The van der Waals surface area contributed by atoms with Gasteiger partial charge in [-0.1, -0.05) is 12.1 Å². The van der Waals surface area contributed by atoms with Crippen molar-refractivity contribution in [2.24, 2.45) is 5.10 Å². The van der Waals surface area contributed by atoms with Gasteiger partial charge in [0.15, 0.2) is 0 Å². The number of phenolic OH excluding ortho intramolecular Hbond substituents is 1. The number of amides is 2. The first kappa shape index (κ1) is 19.6. The van der Waals surface area contributed by atoms with Crippen molar-refractivity contribution in [3.8, 4) is 5.75 Å². The zero-order valence-electron chi connectivity index (χ0n) is 15.2. The Morgan fingerprint density at radius 2 is 2.11 bits per heavy atom. The van der Waals surface area contributed by atoms with Gasteiger partial charge >= 0.3 is 17.8 Å². The highest BCUT2D eigenvalue weighted by Gasteiger charge is 2.29. The molecule has 0 unspecified atom stereocenters. The van der Waals surface area contributed by atoms with E-state index >= 15 is 0 Å². The van der Waals surface area contributed by atoms with E-state index in [-0.39, 0.29) is 12.4 Å². The van der Waals surface area contributed by atoms with Crippen LogP contribution >= 0.6 is 11.3 Å². The van der Waals surface area contributed by atoms with Gasteiger partial charge in [-0.2, -0.15) is 5.10 Å². The molecule has 2 amide bonds. The fraction of sp³-hybridized carbons (Fsp3) is 0.263. The Morgan fingerprint density at radius 1 is 1.29 bits per heavy atom. The Balaban J connectivity index is 1.67. The first-order valence-electron chi connectivity index (χ1n) is 8.74. The van der Waals surface area contributed by atoms with Crippen LogP contribution in [0.3, 0.4) is 0 Å². The molecular weight excluding hydrogens is 382 g/mol. The van der Waals surface area contributed by atoms with Gasteiger partial charge in [0.05, 0.1) is 18.4 Å². The zero-order valence-corrected chi connectivity index (χ0v) is 16.0. The number of ether oxygens (including phenoxy) is 1. The maximum atomic E-state index is 12.3. The average molecular weight is 401 g/mol. The summed E-state index contributed by atoms with van der Waals surface area (Å²) < 4.78 is 5.09. The van der Waals surface area contributed by atoms with Gasteiger partial charge in [-0.25, -0.2) is 10.2 Å². The topological polar surface area (TPSA) is 117 Å². The Bertz CT molecular complexity index is 951. The largest absolute Gasteiger partial charge is 0.508 e. The minimum absolute atomic E-state index is 0.0604. The number of phenols is 1. The van der Waals surface area contributed by atoms with Crippen LogP contribution in [0.25, 0.3) is 0 Å². The fourth-order valence-corrected chi connectivity index (χ4v) is 4.17. The predicted molar refractivity (Wildman–Crippen MR) is 105 cm³/mol. The number of carbonyl (C=O) groups excluding carboxylic acids is 3. The molecule has 1 aromatic carbocycles. The van der Waals surface area contributed by atoms with E-state index in [1.807, 2.05) is 0 Å². The number of aromatic hydroxyl groups is 1. The molecule has 0 saturated heterocycles. The Morgan fingerprint density at radius 3 is 2.86 bits per heavy atom. The molecule has 1 aliphatic rings. The van der Waals surface area contributed by atoms with E-state index in [9.17, 15) is 19.5 Å². The fourth-order valence-electron chi connectivity index (χ4n) is 2.89. The second-order valence-corrected chi connectivity index (χ2v) is 7.14. The first-order valence-corrected chi connectivity index (χ1v) is 9.56. The number of aryl methyl sites for hydroxylation is 1. The summed E-state index contributed by atoms with van der Waals surface area (Å²) >= 11 is 1.29. The number of hydrazone groups is 1. The van der Waals surface area contributed by atoms with Crippen molar-refractivity contribution in [3.63, 3.8) is 0 Å². The van der Waals surface area contributed by atoms with Gasteiger partial charge in [0.25, 0.3) is 0 Å². The monoisotopic (exact) mass is 401 g/mol. The van der Waals surface area contributed by atoms with Crippen LogP contribution in [0, 0.1) is 0 Å². The summed E-state index contributed by atoms with van der Waals surface area (Å²) in [6.45, 7) is 1.93. The Labute approximate surface area is 165 Å². The molecule has 0 fully saturated rings. The molecule has 1 aromatic heterocycles. The van der Waals surface area contributed by atoms with E-state index in [0.29, 0.717) is 16.1 Å². The summed E-state index contributed by atoms with van der Waals surface area (Å²) in [7, 11) is 0. The van der Waals surface area contributed by atoms with Crippen molar-refractivity contribution in [3.05, 3.63) is 45.8 Å². The Kier molecular flexibility index (Phi) is 6.05. The summed E-state index contributed by atoms with van der Waals surface area (Å²) in [4.78, 5) is 37.5. The van der Waals surface area contributed by atoms with E-state index in [1.165, 1.54) is 29.7 Å². The van der Waals surface area contributed by atoms with Crippen molar-refractivity contribution in [1.82, 2.24) is 5.43 Å². The van der Waals surface area contributed by atoms with E-state index in [2.05, 4.69) is 15.8 Å². The van der Waals surface area contributed by atoms with E-state index in [1.54, 1.807) is 19.1 Å². The van der Waals surface area contributed by atoms with E-state index in [0.717, 1.165) is 29.7 Å². The smallest absolute Gasteiger partial charge is 0.341 e. The van der Waals surface area contributed by atoms with E-state index in [4.69, 9.17) is 4.74 Å². The average Bonchev–Trinajstić information content (AvgIpc) is 3.22. The number of hydrogen-bond donors (Lipinski definition) is 3. The van der Waals surface area contributed by atoms with Gasteiger partial charge in [0, 0.05) is 4.88 Å². The minimum atomic E-state index is -0.972. The molecule has 0 saturated carbocycles. The first-order chi connectivity index (χ1) is 13.5. The van der Waals surface area contributed by atoms with Gasteiger partial charge in [0.2, 0.25) is 0 Å². The zero-order chi connectivity index (χ0) is 20.1. The molecule has 0 radical (unpaired) electrons. The summed E-state index contributed by atoms with van der Waals surface area (Å²) in [5, 5.41) is 15.9. The van der Waals surface area contributed by atoms with Crippen molar-refractivity contribution >= 4 is 40.3 Å². The summed E-state index contributed by atoms with van der Waals surface area (Å²) in [6.07, 6.45) is 3.83. The van der Waals surface area contributed by atoms with Crippen molar-refractivity contribution in [2.45, 2.75) is 26.2 Å². The molecule has 0 aliphatic heterocycles. The number of rotatable bonds is 5. The highest BCUT2D eigenvalue weighted by atomic mass is 32.1. The molecule has 0 spiro atoms. The normalized spacial score (nSPS) is 12.6. The van der Waals surface area contributed by atoms with Crippen LogP contribution in [0.4, 0.5) is 5.00 Å². The summed E-state index contributed by atoms with van der Waals surface area (Å²) in [5.41, 5.74) is 3.90. The minimum Gasteiger partial charge on any atom is -0.508 e. The maximum Gasteiger partial charge on any atom is 0.341 e. The number of benzene rings is 1. The number of thiophene rings is 1. The molecule has 1 aliphatic carbocycles. The van der Waals surface area contributed by atoms with Crippen LogP contribution in [-0.2, 0) is 27.2 Å². The maximum absolute atomic E-state index is 12.3. The molecule has 0 bridgehead atoms. The van der Waals surface area contributed by atoms with Crippen LogP contribution < -0.4 is 10.7 Å². The molecule has 28 heavy (non-hydrogen) atoms. The number of carbonyl (C=O) groups is 3. The number of nitrogens with one attached hydrogen (secondary N) is 2. The van der Waals surface area contributed by atoms with Crippen molar-refractivity contribution in [1.29, 1.82) is 0 Å². The molecule has 1 heterocycles. The Hall–Kier alpha value is -3.20. The third-order valence-electron chi connectivity index (χ3n) is 4.08. The van der Waals surface area contributed by atoms with Crippen LogP contribution in [0.2, 0.25) is 0 Å². The quantitative estimate of drug-likeness (QED) is 0.307. The molecule has 3 rings (SSSR count). The van der Waals surface area contributed by atoms with Crippen LogP contribution in [0.15, 0.2) is 29.4 Å². The van der Waals surface area contributed by atoms with Crippen LogP contribution in [-0.4, -0.2) is 35.7 Å². The second-order valence-electron chi connectivity index (χ2n) is 6.03. The SMILES string of the molecule is CCOC(=O)c1c(NC(=O)C(=O)N/N=C/c2cccc(O)c2)sc2c1CCC2. The van der Waals surface area contributed by atoms with E-state index < -0.39 is 17.8 Å². The lowest BCUT2D eigenvalue weighted by Crippen LogP contribution is -2.32. The summed E-state index contributed by atoms with van der Waals surface area (Å²) in [6, 6.07) is 6.25. The molecule has 146 valence electrons. The molecule has 9 heteroatoms. The van der Waals surface area contributed by atoms with Crippen LogP contribution in [0.1, 0.15) is 39.7 Å². The molecule has 8 nitrogen and oxygen atoms in total. The third-order valence-corrected chi connectivity index (χ3v) is 5.29. The van der Waals surface area contributed by atoms with Crippen molar-refractivity contribution < 1.29 is 24.2 Å². The van der Waals surface area contributed by atoms with Gasteiger partial charge < -0.3 is 15.2 Å². The lowest BCUT2D eigenvalue weighted by atomic mass is 10.1. The van der Waals surface area contributed by atoms with Gasteiger partial charge in [-0.05, 0) is 49.4 Å².